The Morgan fingerprint density at radius 2 is 1.74 bits per heavy atom. The van der Waals surface area contributed by atoms with Crippen molar-refractivity contribution in [1.29, 1.82) is 0 Å². The quantitative estimate of drug-likeness (QED) is 0.569. The van der Waals surface area contributed by atoms with Crippen LogP contribution in [-0.2, 0) is 4.74 Å². The highest BCUT2D eigenvalue weighted by molar-refractivity contribution is 5.66. The van der Waals surface area contributed by atoms with Gasteiger partial charge in [0.2, 0.25) is 0 Å². The highest BCUT2D eigenvalue weighted by Crippen LogP contribution is 2.29. The van der Waals surface area contributed by atoms with Crippen LogP contribution in [-0.4, -0.2) is 37.6 Å². The van der Waals surface area contributed by atoms with Gasteiger partial charge in [-0.2, -0.15) is 0 Å². The minimum atomic E-state index is -0.0956. The van der Waals surface area contributed by atoms with Crippen LogP contribution in [0.2, 0.25) is 0 Å². The van der Waals surface area contributed by atoms with Gasteiger partial charge in [-0.25, -0.2) is 0 Å². The molecule has 2 N–H and O–H groups in total. The van der Waals surface area contributed by atoms with Crippen LogP contribution in [0.25, 0.3) is 0 Å². The largest absolute Gasteiger partial charge is 0.472 e. The summed E-state index contributed by atoms with van der Waals surface area (Å²) in [5.74, 6) is 0.242. The maximum Gasteiger partial charge on any atom is 0.177 e. The van der Waals surface area contributed by atoms with E-state index in [2.05, 4.69) is 33.7 Å². The summed E-state index contributed by atoms with van der Waals surface area (Å²) in [5.41, 5.74) is 8.20. The Morgan fingerprint density at radius 3 is 2.41 bits per heavy atom. The molecule has 27 heavy (non-hydrogen) atoms. The first kappa shape index (κ1) is 18.9. The SMILES string of the molecule is C=C(N)OC(CCN1CCN(c2ccccc2N=O)CC1)c1ccccc1. The van der Waals surface area contributed by atoms with E-state index in [4.69, 9.17) is 10.5 Å². The van der Waals surface area contributed by atoms with Gasteiger partial charge in [-0.05, 0) is 29.5 Å². The third-order valence-corrected chi connectivity index (χ3v) is 4.87. The van der Waals surface area contributed by atoms with Gasteiger partial charge in [-0.15, -0.1) is 4.91 Å². The van der Waals surface area contributed by atoms with Gasteiger partial charge in [-0.1, -0.05) is 42.5 Å². The molecular weight excluding hydrogens is 340 g/mol. The predicted molar refractivity (Wildman–Crippen MR) is 109 cm³/mol. The number of nitroso groups, excluding NO2 is 1. The van der Waals surface area contributed by atoms with Crippen LogP contribution in [0.3, 0.4) is 0 Å². The Kier molecular flexibility index (Phi) is 6.44. The smallest absolute Gasteiger partial charge is 0.177 e. The molecule has 1 fully saturated rings. The van der Waals surface area contributed by atoms with Crippen molar-refractivity contribution in [3.8, 4) is 0 Å². The Labute approximate surface area is 160 Å². The van der Waals surface area contributed by atoms with E-state index in [9.17, 15) is 4.91 Å². The van der Waals surface area contributed by atoms with Gasteiger partial charge in [0.25, 0.3) is 0 Å². The Morgan fingerprint density at radius 1 is 1.07 bits per heavy atom. The van der Waals surface area contributed by atoms with Crippen LogP contribution >= 0.6 is 0 Å². The molecule has 0 radical (unpaired) electrons. The third-order valence-electron chi connectivity index (χ3n) is 4.87. The molecule has 0 spiro atoms. The van der Waals surface area contributed by atoms with E-state index in [0.717, 1.165) is 50.4 Å². The van der Waals surface area contributed by atoms with Crippen molar-refractivity contribution in [2.75, 3.05) is 37.6 Å². The normalized spacial score (nSPS) is 15.9. The van der Waals surface area contributed by atoms with E-state index in [1.165, 1.54) is 0 Å². The monoisotopic (exact) mass is 366 g/mol. The second-order valence-corrected chi connectivity index (χ2v) is 6.68. The number of para-hydroxylation sites is 1. The molecule has 0 bridgehead atoms. The molecule has 1 aliphatic rings. The summed E-state index contributed by atoms with van der Waals surface area (Å²) in [7, 11) is 0. The van der Waals surface area contributed by atoms with Crippen molar-refractivity contribution in [2.24, 2.45) is 10.9 Å². The highest BCUT2D eigenvalue weighted by atomic mass is 16.5. The zero-order valence-electron chi connectivity index (χ0n) is 15.5. The van der Waals surface area contributed by atoms with Gasteiger partial charge < -0.3 is 15.4 Å². The minimum Gasteiger partial charge on any atom is -0.472 e. The van der Waals surface area contributed by atoms with Crippen molar-refractivity contribution in [1.82, 2.24) is 4.90 Å². The molecule has 0 saturated carbocycles. The van der Waals surface area contributed by atoms with E-state index in [0.29, 0.717) is 5.69 Å². The van der Waals surface area contributed by atoms with Gasteiger partial charge in [-0.3, -0.25) is 4.90 Å². The zero-order chi connectivity index (χ0) is 19.1. The fourth-order valence-electron chi connectivity index (χ4n) is 3.47. The standard InChI is InChI=1S/C21H26N4O2/c1-17(22)27-21(18-7-3-2-4-8-18)11-12-24-13-15-25(16-14-24)20-10-6-5-9-19(20)23-26/h2-10,21H,1,11-16,22H2. The fraction of sp³-hybridized carbons (Fsp3) is 0.333. The second kappa shape index (κ2) is 9.19. The number of anilines is 1. The average molecular weight is 366 g/mol. The maximum absolute atomic E-state index is 11.0. The molecular formula is C21H26N4O2. The number of benzene rings is 2. The molecule has 1 saturated heterocycles. The molecule has 2 aromatic rings. The lowest BCUT2D eigenvalue weighted by atomic mass is 10.1. The maximum atomic E-state index is 11.0. The molecule has 0 amide bonds. The number of rotatable bonds is 8. The summed E-state index contributed by atoms with van der Waals surface area (Å²) in [4.78, 5) is 15.6. The highest BCUT2D eigenvalue weighted by Gasteiger charge is 2.21. The van der Waals surface area contributed by atoms with Gasteiger partial charge >= 0.3 is 0 Å². The zero-order valence-corrected chi connectivity index (χ0v) is 15.5. The number of piperazine rings is 1. The Bertz CT molecular complexity index is 758. The lowest BCUT2D eigenvalue weighted by Gasteiger charge is -2.36. The van der Waals surface area contributed by atoms with Crippen LogP contribution in [0, 0.1) is 4.91 Å². The number of hydrogen-bond acceptors (Lipinski definition) is 6. The summed E-state index contributed by atoms with van der Waals surface area (Å²) in [6.07, 6.45) is 0.744. The topological polar surface area (TPSA) is 71.2 Å². The molecule has 2 aromatic carbocycles. The molecule has 142 valence electrons. The van der Waals surface area contributed by atoms with E-state index >= 15 is 0 Å². The van der Waals surface area contributed by atoms with Crippen LogP contribution in [0.15, 0.2) is 72.2 Å². The van der Waals surface area contributed by atoms with E-state index in [1.54, 1.807) is 6.07 Å². The van der Waals surface area contributed by atoms with Crippen molar-refractivity contribution in [3.05, 3.63) is 77.5 Å². The van der Waals surface area contributed by atoms with E-state index in [-0.39, 0.29) is 12.0 Å². The number of ether oxygens (including phenoxy) is 1. The third kappa shape index (κ3) is 5.08. The molecule has 1 aliphatic heterocycles. The summed E-state index contributed by atoms with van der Waals surface area (Å²) < 4.78 is 5.75. The molecule has 6 nitrogen and oxygen atoms in total. The lowest BCUT2D eigenvalue weighted by Crippen LogP contribution is -2.46. The number of nitrogens with zero attached hydrogens (tertiary/aromatic N) is 3. The minimum absolute atomic E-state index is 0.0956. The first-order chi connectivity index (χ1) is 13.2. The van der Waals surface area contributed by atoms with Crippen LogP contribution < -0.4 is 10.6 Å². The molecule has 0 aliphatic carbocycles. The first-order valence-electron chi connectivity index (χ1n) is 9.23. The van der Waals surface area contributed by atoms with Crippen LogP contribution in [0.4, 0.5) is 11.4 Å². The fourth-order valence-corrected chi connectivity index (χ4v) is 3.47. The van der Waals surface area contributed by atoms with Crippen LogP contribution in [0.1, 0.15) is 18.1 Å². The van der Waals surface area contributed by atoms with Crippen molar-refractivity contribution in [3.63, 3.8) is 0 Å². The molecule has 3 rings (SSSR count). The summed E-state index contributed by atoms with van der Waals surface area (Å²) in [6, 6.07) is 17.6. The predicted octanol–water partition coefficient (Wildman–Crippen LogP) is 3.78. The summed E-state index contributed by atoms with van der Waals surface area (Å²) in [6.45, 7) is 8.18. The first-order valence-corrected chi connectivity index (χ1v) is 9.23. The van der Waals surface area contributed by atoms with Gasteiger partial charge in [0.05, 0.1) is 5.69 Å². The Balaban J connectivity index is 1.55. The molecule has 1 unspecified atom stereocenters. The second-order valence-electron chi connectivity index (χ2n) is 6.68. The van der Waals surface area contributed by atoms with Gasteiger partial charge in [0, 0.05) is 39.1 Å². The van der Waals surface area contributed by atoms with Gasteiger partial charge in [0.15, 0.2) is 5.88 Å². The number of nitrogens with two attached hydrogens (primary N) is 1. The molecule has 1 atom stereocenters. The summed E-state index contributed by atoms with van der Waals surface area (Å²) >= 11 is 0. The average Bonchev–Trinajstić information content (AvgIpc) is 2.72. The van der Waals surface area contributed by atoms with Gasteiger partial charge in [0.1, 0.15) is 11.8 Å². The number of hydrogen-bond donors (Lipinski definition) is 1. The molecule has 1 heterocycles. The lowest BCUT2D eigenvalue weighted by molar-refractivity contribution is 0.0928. The van der Waals surface area contributed by atoms with E-state index < -0.39 is 0 Å². The van der Waals surface area contributed by atoms with Crippen molar-refractivity contribution < 1.29 is 4.74 Å². The summed E-state index contributed by atoms with van der Waals surface area (Å²) in [5, 5.41) is 3.14. The van der Waals surface area contributed by atoms with Crippen molar-refractivity contribution >= 4 is 11.4 Å². The Hall–Kier alpha value is -2.86. The molecule has 0 aromatic heterocycles. The molecule has 6 heteroatoms. The van der Waals surface area contributed by atoms with Crippen molar-refractivity contribution in [2.45, 2.75) is 12.5 Å². The van der Waals surface area contributed by atoms with Crippen LogP contribution in [0.5, 0.6) is 0 Å². The van der Waals surface area contributed by atoms with E-state index in [1.807, 2.05) is 36.4 Å².